The number of methoxy groups -OCH3 is 1. The Morgan fingerprint density at radius 1 is 1.18 bits per heavy atom. The zero-order valence-corrected chi connectivity index (χ0v) is 16.3. The molecule has 0 radical (unpaired) electrons. The van der Waals surface area contributed by atoms with Crippen LogP contribution in [0.4, 0.5) is 0 Å². The molecule has 4 rings (SSSR count). The topological polar surface area (TPSA) is 64.4 Å². The molecule has 0 spiro atoms. The highest BCUT2D eigenvalue weighted by atomic mass is 35.5. The summed E-state index contributed by atoms with van der Waals surface area (Å²) in [6, 6.07) is 17.1. The molecule has 6 heteroatoms. The third-order valence-corrected chi connectivity index (χ3v) is 5.42. The van der Waals surface area contributed by atoms with Crippen molar-refractivity contribution in [1.29, 1.82) is 0 Å². The van der Waals surface area contributed by atoms with Crippen molar-refractivity contribution in [3.8, 4) is 17.1 Å². The molecule has 1 fully saturated rings. The quantitative estimate of drug-likeness (QED) is 0.643. The van der Waals surface area contributed by atoms with Crippen LogP contribution in [0.3, 0.4) is 0 Å². The molecule has 5 nitrogen and oxygen atoms in total. The number of benzene rings is 2. The number of carbonyl (C=O) groups excluding carboxylic acids is 1. The highest BCUT2D eigenvalue weighted by molar-refractivity contribution is 6.30. The van der Waals surface area contributed by atoms with Crippen molar-refractivity contribution < 1.29 is 14.1 Å². The van der Waals surface area contributed by atoms with Gasteiger partial charge < -0.3 is 14.6 Å². The number of nitrogens with one attached hydrogen (secondary N) is 1. The van der Waals surface area contributed by atoms with Gasteiger partial charge in [-0.3, -0.25) is 4.79 Å². The van der Waals surface area contributed by atoms with Crippen molar-refractivity contribution in [1.82, 2.24) is 10.5 Å². The van der Waals surface area contributed by atoms with E-state index in [4.69, 9.17) is 20.9 Å². The number of ether oxygens (including phenoxy) is 1. The lowest BCUT2D eigenvalue weighted by Crippen LogP contribution is -2.36. The monoisotopic (exact) mass is 396 g/mol. The largest absolute Gasteiger partial charge is 0.497 e. The van der Waals surface area contributed by atoms with Gasteiger partial charge in [-0.05, 0) is 61.2 Å². The van der Waals surface area contributed by atoms with E-state index in [-0.39, 0.29) is 5.91 Å². The van der Waals surface area contributed by atoms with Crippen LogP contribution in [0.2, 0.25) is 5.02 Å². The van der Waals surface area contributed by atoms with Crippen LogP contribution in [-0.4, -0.2) is 24.7 Å². The Morgan fingerprint density at radius 2 is 1.89 bits per heavy atom. The number of carbonyl (C=O) groups is 1. The Labute approximate surface area is 168 Å². The standard InChI is InChI=1S/C22H21ClN2O3/c1-27-18-8-2-15(3-9-18)10-13-24-21(26)22(11-12-22)20-14-19(28-25-20)16-4-6-17(23)7-5-16/h2-9,14H,10-13H2,1H3,(H,24,26). The van der Waals surface area contributed by atoms with Gasteiger partial charge in [0.05, 0.1) is 18.2 Å². The van der Waals surface area contributed by atoms with Crippen molar-refractivity contribution in [2.45, 2.75) is 24.7 Å². The van der Waals surface area contributed by atoms with Crippen LogP contribution in [0.25, 0.3) is 11.3 Å². The van der Waals surface area contributed by atoms with E-state index in [1.807, 2.05) is 42.5 Å². The lowest BCUT2D eigenvalue weighted by atomic mass is 10.00. The van der Waals surface area contributed by atoms with Gasteiger partial charge in [-0.15, -0.1) is 0 Å². The molecular formula is C22H21ClN2O3. The van der Waals surface area contributed by atoms with Crippen molar-refractivity contribution >= 4 is 17.5 Å². The van der Waals surface area contributed by atoms with E-state index in [1.165, 1.54) is 0 Å². The second-order valence-electron chi connectivity index (χ2n) is 7.02. The number of hydrogen-bond donors (Lipinski definition) is 1. The molecule has 1 N–H and O–H groups in total. The van der Waals surface area contributed by atoms with Gasteiger partial charge >= 0.3 is 0 Å². The smallest absolute Gasteiger partial charge is 0.232 e. The van der Waals surface area contributed by atoms with Crippen molar-refractivity contribution in [2.75, 3.05) is 13.7 Å². The normalized spacial score (nSPS) is 14.5. The summed E-state index contributed by atoms with van der Waals surface area (Å²) < 4.78 is 10.6. The molecule has 1 saturated carbocycles. The maximum Gasteiger partial charge on any atom is 0.232 e. The maximum absolute atomic E-state index is 12.8. The Bertz CT molecular complexity index is 960. The molecule has 0 atom stereocenters. The fourth-order valence-electron chi connectivity index (χ4n) is 3.26. The summed E-state index contributed by atoms with van der Waals surface area (Å²) in [5.74, 6) is 1.48. The second kappa shape index (κ2) is 7.68. The molecule has 144 valence electrons. The minimum absolute atomic E-state index is 0.0111. The van der Waals surface area contributed by atoms with E-state index in [1.54, 1.807) is 19.2 Å². The zero-order valence-electron chi connectivity index (χ0n) is 15.6. The van der Waals surface area contributed by atoms with E-state index >= 15 is 0 Å². The first-order chi connectivity index (χ1) is 13.6. The van der Waals surface area contributed by atoms with Gasteiger partial charge in [-0.1, -0.05) is 28.9 Å². The molecule has 1 amide bonds. The maximum atomic E-state index is 12.8. The summed E-state index contributed by atoms with van der Waals surface area (Å²) in [5.41, 5.74) is 2.17. The van der Waals surface area contributed by atoms with Gasteiger partial charge in [-0.25, -0.2) is 0 Å². The van der Waals surface area contributed by atoms with E-state index in [0.29, 0.717) is 23.0 Å². The number of nitrogens with zero attached hydrogens (tertiary/aromatic N) is 1. The van der Waals surface area contributed by atoms with Gasteiger partial charge in [0.2, 0.25) is 5.91 Å². The molecule has 0 aliphatic heterocycles. The second-order valence-corrected chi connectivity index (χ2v) is 7.46. The third kappa shape index (κ3) is 3.76. The zero-order chi connectivity index (χ0) is 19.6. The Balaban J connectivity index is 1.38. The summed E-state index contributed by atoms with van der Waals surface area (Å²) >= 11 is 5.93. The first-order valence-electron chi connectivity index (χ1n) is 9.25. The number of amides is 1. The first kappa shape index (κ1) is 18.6. The van der Waals surface area contributed by atoms with E-state index < -0.39 is 5.41 Å². The van der Waals surface area contributed by atoms with Crippen LogP contribution < -0.4 is 10.1 Å². The predicted octanol–water partition coefficient (Wildman–Crippen LogP) is 4.39. The molecule has 2 aromatic carbocycles. The average molecular weight is 397 g/mol. The molecule has 1 aliphatic rings. The van der Waals surface area contributed by atoms with Crippen LogP contribution in [0.15, 0.2) is 59.1 Å². The van der Waals surface area contributed by atoms with Crippen molar-refractivity contribution in [3.05, 3.63) is 70.9 Å². The summed E-state index contributed by atoms with van der Waals surface area (Å²) in [6.07, 6.45) is 2.34. The highest BCUT2D eigenvalue weighted by Crippen LogP contribution is 2.48. The van der Waals surface area contributed by atoms with Gasteiger partial charge in [0.25, 0.3) is 0 Å². The summed E-state index contributed by atoms with van der Waals surface area (Å²) in [5, 5.41) is 7.89. The fraction of sp³-hybridized carbons (Fsp3) is 0.273. The number of rotatable bonds is 7. The average Bonchev–Trinajstić information content (AvgIpc) is 3.39. The highest BCUT2D eigenvalue weighted by Gasteiger charge is 2.53. The minimum Gasteiger partial charge on any atom is -0.497 e. The molecule has 28 heavy (non-hydrogen) atoms. The first-order valence-corrected chi connectivity index (χ1v) is 9.63. The van der Waals surface area contributed by atoms with Gasteiger partial charge in [-0.2, -0.15) is 0 Å². The Kier molecular flexibility index (Phi) is 5.09. The molecule has 1 heterocycles. The Hall–Kier alpha value is -2.79. The molecule has 1 aromatic heterocycles. The third-order valence-electron chi connectivity index (χ3n) is 5.17. The molecule has 0 bridgehead atoms. The summed E-state index contributed by atoms with van der Waals surface area (Å²) in [7, 11) is 1.65. The van der Waals surface area contributed by atoms with Gasteiger partial charge in [0, 0.05) is 23.2 Å². The number of halogens is 1. The predicted molar refractivity (Wildman–Crippen MR) is 108 cm³/mol. The van der Waals surface area contributed by atoms with E-state index in [0.717, 1.165) is 36.1 Å². The molecule has 0 unspecified atom stereocenters. The van der Waals surface area contributed by atoms with Crippen LogP contribution in [0.5, 0.6) is 5.75 Å². The number of aromatic nitrogens is 1. The lowest BCUT2D eigenvalue weighted by molar-refractivity contribution is -0.123. The van der Waals surface area contributed by atoms with Gasteiger partial charge in [0.15, 0.2) is 5.76 Å². The summed E-state index contributed by atoms with van der Waals surface area (Å²) in [6.45, 7) is 0.578. The minimum atomic E-state index is -0.561. The molecule has 0 saturated heterocycles. The molecular weight excluding hydrogens is 376 g/mol. The van der Waals surface area contributed by atoms with E-state index in [9.17, 15) is 4.79 Å². The SMILES string of the molecule is COc1ccc(CCNC(=O)C2(c3cc(-c4ccc(Cl)cc4)on3)CC2)cc1. The molecule has 3 aromatic rings. The van der Waals surface area contributed by atoms with Crippen molar-refractivity contribution in [3.63, 3.8) is 0 Å². The van der Waals surface area contributed by atoms with E-state index in [2.05, 4.69) is 10.5 Å². The van der Waals surface area contributed by atoms with Crippen LogP contribution in [-0.2, 0) is 16.6 Å². The van der Waals surface area contributed by atoms with Crippen LogP contribution >= 0.6 is 11.6 Å². The lowest BCUT2D eigenvalue weighted by Gasteiger charge is -2.12. The van der Waals surface area contributed by atoms with Crippen LogP contribution in [0.1, 0.15) is 24.1 Å². The number of hydrogen-bond acceptors (Lipinski definition) is 4. The summed E-state index contributed by atoms with van der Waals surface area (Å²) in [4.78, 5) is 12.8. The van der Waals surface area contributed by atoms with Crippen molar-refractivity contribution in [2.24, 2.45) is 0 Å². The fourth-order valence-corrected chi connectivity index (χ4v) is 3.38. The van der Waals surface area contributed by atoms with Crippen LogP contribution in [0, 0.1) is 0 Å². The Morgan fingerprint density at radius 3 is 2.54 bits per heavy atom. The van der Waals surface area contributed by atoms with Gasteiger partial charge in [0.1, 0.15) is 5.75 Å². The molecule has 1 aliphatic carbocycles.